The number of hydrogen-bond donors (Lipinski definition) is 2. The maximum Gasteiger partial charge on any atom is 0.321 e. The minimum atomic E-state index is -0.253. The van der Waals surface area contributed by atoms with Gasteiger partial charge in [-0.25, -0.2) is 4.79 Å². The summed E-state index contributed by atoms with van der Waals surface area (Å²) in [5.74, 6) is 0.280. The van der Waals surface area contributed by atoms with Gasteiger partial charge in [-0.15, -0.1) is 0 Å². The second-order valence-electron chi connectivity index (χ2n) is 6.17. The molecule has 126 valence electrons. The van der Waals surface area contributed by atoms with E-state index in [1.54, 1.807) is 30.3 Å². The summed E-state index contributed by atoms with van der Waals surface area (Å²) in [6.45, 7) is 3.72. The molecule has 1 fully saturated rings. The number of carbonyl (C=O) groups is 2. The first-order valence-corrected chi connectivity index (χ1v) is 8.11. The smallest absolute Gasteiger partial charge is 0.321 e. The van der Waals surface area contributed by atoms with Gasteiger partial charge < -0.3 is 20.0 Å². The van der Waals surface area contributed by atoms with E-state index in [1.165, 1.54) is 18.9 Å². The van der Waals surface area contributed by atoms with Crippen molar-refractivity contribution in [1.29, 1.82) is 0 Å². The maximum absolute atomic E-state index is 12.3. The summed E-state index contributed by atoms with van der Waals surface area (Å²) < 4.78 is 4.90. The van der Waals surface area contributed by atoms with Gasteiger partial charge in [0.2, 0.25) is 0 Å². The summed E-state index contributed by atoms with van der Waals surface area (Å²) in [7, 11) is 0. The normalized spacial score (nSPS) is 17.4. The van der Waals surface area contributed by atoms with E-state index >= 15 is 0 Å². The van der Waals surface area contributed by atoms with Gasteiger partial charge >= 0.3 is 6.03 Å². The van der Waals surface area contributed by atoms with Crippen LogP contribution in [0.4, 0.5) is 16.2 Å². The van der Waals surface area contributed by atoms with Gasteiger partial charge in [0.05, 0.1) is 11.8 Å². The molecule has 3 rings (SSSR count). The van der Waals surface area contributed by atoms with Gasteiger partial charge in [-0.05, 0) is 43.0 Å². The molecule has 2 aromatic rings. The molecular formula is C18H21N3O3. The molecule has 1 aromatic carbocycles. The molecule has 1 atom stereocenters. The molecular weight excluding hydrogens is 306 g/mol. The van der Waals surface area contributed by atoms with E-state index in [4.69, 9.17) is 4.42 Å². The van der Waals surface area contributed by atoms with Gasteiger partial charge in [-0.1, -0.05) is 13.0 Å². The Kier molecular flexibility index (Phi) is 4.84. The van der Waals surface area contributed by atoms with Gasteiger partial charge in [0.15, 0.2) is 0 Å². The molecule has 1 aliphatic rings. The van der Waals surface area contributed by atoms with Gasteiger partial charge in [-0.2, -0.15) is 0 Å². The molecule has 6 nitrogen and oxygen atoms in total. The Balaban J connectivity index is 1.62. The molecule has 3 amide bonds. The SMILES string of the molecule is CC1CCCN(C(=O)Nc2cccc(NC(=O)c3ccoc3)c2)C1. The Morgan fingerprint density at radius 3 is 2.71 bits per heavy atom. The fourth-order valence-corrected chi connectivity index (χ4v) is 2.85. The molecule has 1 saturated heterocycles. The second-order valence-corrected chi connectivity index (χ2v) is 6.17. The van der Waals surface area contributed by atoms with Crippen molar-refractivity contribution in [1.82, 2.24) is 4.90 Å². The van der Waals surface area contributed by atoms with Gasteiger partial charge in [0.25, 0.3) is 5.91 Å². The van der Waals surface area contributed by atoms with E-state index in [9.17, 15) is 9.59 Å². The van der Waals surface area contributed by atoms with Crippen LogP contribution in [0.25, 0.3) is 0 Å². The lowest BCUT2D eigenvalue weighted by atomic mass is 10.0. The Labute approximate surface area is 140 Å². The zero-order chi connectivity index (χ0) is 16.9. The van der Waals surface area contributed by atoms with Gasteiger partial charge in [0, 0.05) is 24.5 Å². The summed E-state index contributed by atoms with van der Waals surface area (Å²) in [6, 6.07) is 8.61. The zero-order valence-corrected chi connectivity index (χ0v) is 13.6. The molecule has 0 saturated carbocycles. The zero-order valence-electron chi connectivity index (χ0n) is 13.6. The van der Waals surface area contributed by atoms with Crippen LogP contribution in [-0.2, 0) is 0 Å². The number of hydrogen-bond acceptors (Lipinski definition) is 3. The van der Waals surface area contributed by atoms with Crippen molar-refractivity contribution in [2.45, 2.75) is 19.8 Å². The van der Waals surface area contributed by atoms with Crippen molar-refractivity contribution in [3.8, 4) is 0 Å². The number of urea groups is 1. The van der Waals surface area contributed by atoms with Crippen LogP contribution >= 0.6 is 0 Å². The summed E-state index contributed by atoms with van der Waals surface area (Å²) >= 11 is 0. The Morgan fingerprint density at radius 2 is 2.00 bits per heavy atom. The van der Waals surface area contributed by atoms with Crippen molar-refractivity contribution >= 4 is 23.3 Å². The van der Waals surface area contributed by atoms with Crippen LogP contribution in [-0.4, -0.2) is 29.9 Å². The average Bonchev–Trinajstić information content (AvgIpc) is 3.10. The van der Waals surface area contributed by atoms with Crippen molar-refractivity contribution in [3.05, 3.63) is 48.4 Å². The molecule has 1 aliphatic heterocycles. The van der Waals surface area contributed by atoms with Crippen molar-refractivity contribution in [2.75, 3.05) is 23.7 Å². The number of benzene rings is 1. The Hall–Kier alpha value is -2.76. The third-order valence-corrected chi connectivity index (χ3v) is 4.10. The molecule has 1 aromatic heterocycles. The lowest BCUT2D eigenvalue weighted by Crippen LogP contribution is -2.41. The third kappa shape index (κ3) is 3.95. The first kappa shape index (κ1) is 16.1. The number of nitrogens with zero attached hydrogens (tertiary/aromatic N) is 1. The number of anilines is 2. The lowest BCUT2D eigenvalue weighted by Gasteiger charge is -2.31. The quantitative estimate of drug-likeness (QED) is 0.900. The molecule has 0 radical (unpaired) electrons. The molecule has 0 spiro atoms. The van der Waals surface area contributed by atoms with Crippen LogP contribution < -0.4 is 10.6 Å². The standard InChI is InChI=1S/C18H21N3O3/c1-13-4-3-8-21(11-13)18(23)20-16-6-2-5-15(10-16)19-17(22)14-7-9-24-12-14/h2,5-7,9-10,12-13H,3-4,8,11H2,1H3,(H,19,22)(H,20,23). The lowest BCUT2D eigenvalue weighted by molar-refractivity contribution is 0.102. The molecule has 0 bridgehead atoms. The second kappa shape index (κ2) is 7.21. The number of rotatable bonds is 3. The summed E-state index contributed by atoms with van der Waals surface area (Å²) in [5, 5.41) is 5.68. The molecule has 2 heterocycles. The van der Waals surface area contributed by atoms with Gasteiger partial charge in [0.1, 0.15) is 6.26 Å². The fraction of sp³-hybridized carbons (Fsp3) is 0.333. The molecule has 0 aliphatic carbocycles. The maximum atomic E-state index is 12.3. The molecule has 1 unspecified atom stereocenters. The Bertz CT molecular complexity index is 712. The number of likely N-dealkylation sites (tertiary alicyclic amines) is 1. The average molecular weight is 327 g/mol. The van der Waals surface area contributed by atoms with Crippen molar-refractivity contribution in [2.24, 2.45) is 5.92 Å². The fourth-order valence-electron chi connectivity index (χ4n) is 2.85. The van der Waals surface area contributed by atoms with E-state index in [0.29, 0.717) is 22.9 Å². The number of carbonyl (C=O) groups excluding carboxylic acids is 2. The minimum Gasteiger partial charge on any atom is -0.472 e. The number of nitrogens with one attached hydrogen (secondary N) is 2. The van der Waals surface area contributed by atoms with Crippen LogP contribution in [0.3, 0.4) is 0 Å². The molecule has 2 N–H and O–H groups in total. The molecule has 6 heteroatoms. The predicted octanol–water partition coefficient (Wildman–Crippen LogP) is 3.80. The summed E-state index contributed by atoms with van der Waals surface area (Å²) in [5.41, 5.74) is 1.72. The van der Waals surface area contributed by atoms with Gasteiger partial charge in [-0.3, -0.25) is 4.79 Å². The van der Waals surface area contributed by atoms with Crippen molar-refractivity contribution < 1.29 is 14.0 Å². The van der Waals surface area contributed by atoms with Crippen LogP contribution in [0.15, 0.2) is 47.3 Å². The number of amides is 3. The monoisotopic (exact) mass is 327 g/mol. The topological polar surface area (TPSA) is 74.6 Å². The summed E-state index contributed by atoms with van der Waals surface area (Å²) in [6.07, 6.45) is 5.04. The van der Waals surface area contributed by atoms with E-state index in [-0.39, 0.29) is 11.9 Å². The first-order valence-electron chi connectivity index (χ1n) is 8.11. The number of furan rings is 1. The highest BCUT2D eigenvalue weighted by Gasteiger charge is 2.20. The van der Waals surface area contributed by atoms with E-state index in [1.807, 2.05) is 4.90 Å². The highest BCUT2D eigenvalue weighted by molar-refractivity contribution is 6.04. The minimum absolute atomic E-state index is 0.0974. The first-order chi connectivity index (χ1) is 11.6. The number of piperidine rings is 1. The van der Waals surface area contributed by atoms with Crippen LogP contribution in [0.5, 0.6) is 0 Å². The van der Waals surface area contributed by atoms with Crippen LogP contribution in [0.1, 0.15) is 30.1 Å². The van der Waals surface area contributed by atoms with Crippen LogP contribution in [0.2, 0.25) is 0 Å². The largest absolute Gasteiger partial charge is 0.472 e. The third-order valence-electron chi connectivity index (χ3n) is 4.10. The van der Waals surface area contributed by atoms with E-state index in [0.717, 1.165) is 19.5 Å². The van der Waals surface area contributed by atoms with Crippen molar-refractivity contribution in [3.63, 3.8) is 0 Å². The van der Waals surface area contributed by atoms with E-state index < -0.39 is 0 Å². The highest BCUT2D eigenvalue weighted by Crippen LogP contribution is 2.19. The van der Waals surface area contributed by atoms with Crippen LogP contribution in [0, 0.1) is 5.92 Å². The highest BCUT2D eigenvalue weighted by atomic mass is 16.3. The summed E-state index contributed by atoms with van der Waals surface area (Å²) in [4.78, 5) is 26.2. The predicted molar refractivity (Wildman–Crippen MR) is 92.1 cm³/mol. The van der Waals surface area contributed by atoms with E-state index in [2.05, 4.69) is 17.6 Å². The Morgan fingerprint density at radius 1 is 1.21 bits per heavy atom. The molecule has 24 heavy (non-hydrogen) atoms.